The topological polar surface area (TPSA) is 48.4 Å². The number of ether oxygens (including phenoxy) is 2. The monoisotopic (exact) mass is 241 g/mol. The molecule has 0 unspecified atom stereocenters. The average Bonchev–Trinajstić information content (AvgIpc) is 2.30. The van der Waals surface area contributed by atoms with Crippen molar-refractivity contribution in [1.29, 1.82) is 0 Å². The van der Waals surface area contributed by atoms with Crippen LogP contribution in [0.1, 0.15) is 23.2 Å². The highest BCUT2D eigenvalue weighted by Gasteiger charge is 2.19. The molecule has 5 heteroatoms. The van der Waals surface area contributed by atoms with Crippen molar-refractivity contribution < 1.29 is 14.3 Å². The first-order valence-corrected chi connectivity index (χ1v) is 5.54. The summed E-state index contributed by atoms with van der Waals surface area (Å²) in [4.78, 5) is 15.5. The Bertz CT molecular complexity index is 377. The summed E-state index contributed by atoms with van der Waals surface area (Å²) in [5.74, 6) is -0.351. The number of halogens is 1. The van der Waals surface area contributed by atoms with Crippen LogP contribution in [-0.4, -0.2) is 30.3 Å². The van der Waals surface area contributed by atoms with E-state index in [-0.39, 0.29) is 12.1 Å². The normalized spacial score (nSPS) is 17.1. The minimum atomic E-state index is -0.351. The molecule has 16 heavy (non-hydrogen) atoms. The molecular formula is C11H12ClNO3. The van der Waals surface area contributed by atoms with E-state index in [4.69, 9.17) is 21.1 Å². The van der Waals surface area contributed by atoms with Gasteiger partial charge in [-0.25, -0.2) is 9.78 Å². The summed E-state index contributed by atoms with van der Waals surface area (Å²) in [5, 5.41) is 0.293. The van der Waals surface area contributed by atoms with Gasteiger partial charge in [-0.05, 0) is 12.1 Å². The van der Waals surface area contributed by atoms with E-state index in [1.807, 2.05) is 0 Å². The van der Waals surface area contributed by atoms with Crippen LogP contribution in [0, 0.1) is 0 Å². The molecule has 0 spiro atoms. The summed E-state index contributed by atoms with van der Waals surface area (Å²) in [6.07, 6.45) is 2.95. The predicted molar refractivity (Wildman–Crippen MR) is 58.5 cm³/mol. The summed E-state index contributed by atoms with van der Waals surface area (Å²) >= 11 is 5.69. The van der Waals surface area contributed by atoms with Crippen molar-refractivity contribution in [3.05, 3.63) is 29.0 Å². The van der Waals surface area contributed by atoms with Crippen molar-refractivity contribution in [3.8, 4) is 0 Å². The Morgan fingerprint density at radius 3 is 2.94 bits per heavy atom. The van der Waals surface area contributed by atoms with Gasteiger partial charge in [0.25, 0.3) is 0 Å². The number of esters is 1. The Kier molecular flexibility index (Phi) is 3.74. The minimum absolute atomic E-state index is 0.0480. The summed E-state index contributed by atoms with van der Waals surface area (Å²) in [6.45, 7) is 1.30. The van der Waals surface area contributed by atoms with E-state index in [0.29, 0.717) is 23.9 Å². The maximum Gasteiger partial charge on any atom is 0.338 e. The number of carbonyl (C=O) groups excluding carboxylic acids is 1. The molecule has 1 aliphatic rings. The van der Waals surface area contributed by atoms with Crippen LogP contribution in [0.25, 0.3) is 0 Å². The van der Waals surface area contributed by atoms with Gasteiger partial charge in [0.05, 0.1) is 18.8 Å². The lowest BCUT2D eigenvalue weighted by atomic mass is 10.1. The fourth-order valence-electron chi connectivity index (χ4n) is 1.54. The Morgan fingerprint density at radius 2 is 2.25 bits per heavy atom. The van der Waals surface area contributed by atoms with E-state index in [2.05, 4.69) is 4.98 Å². The van der Waals surface area contributed by atoms with Crippen LogP contribution in [0.15, 0.2) is 18.3 Å². The average molecular weight is 242 g/mol. The largest absolute Gasteiger partial charge is 0.459 e. The Hall–Kier alpha value is -1.13. The maximum atomic E-state index is 11.7. The summed E-state index contributed by atoms with van der Waals surface area (Å²) in [7, 11) is 0. The molecule has 1 saturated heterocycles. The molecule has 1 aromatic heterocycles. The van der Waals surface area contributed by atoms with Gasteiger partial charge in [-0.15, -0.1) is 0 Å². The van der Waals surface area contributed by atoms with Crippen LogP contribution < -0.4 is 0 Å². The molecule has 0 bridgehead atoms. The van der Waals surface area contributed by atoms with Crippen LogP contribution in [0.5, 0.6) is 0 Å². The SMILES string of the molecule is O=C(OC1CCOCC1)c1ccnc(Cl)c1. The third kappa shape index (κ3) is 2.93. The highest BCUT2D eigenvalue weighted by atomic mass is 35.5. The third-order valence-corrected chi connectivity index (χ3v) is 2.61. The number of carbonyl (C=O) groups is 1. The quantitative estimate of drug-likeness (QED) is 0.588. The molecule has 0 amide bonds. The summed E-state index contributed by atoms with van der Waals surface area (Å²) < 4.78 is 10.5. The molecule has 1 aliphatic heterocycles. The number of aromatic nitrogens is 1. The van der Waals surface area contributed by atoms with E-state index < -0.39 is 0 Å². The lowest BCUT2D eigenvalue weighted by Crippen LogP contribution is -2.26. The van der Waals surface area contributed by atoms with Crippen LogP contribution in [0.2, 0.25) is 5.15 Å². The highest BCUT2D eigenvalue weighted by molar-refractivity contribution is 6.29. The van der Waals surface area contributed by atoms with Gasteiger partial charge < -0.3 is 9.47 Å². The van der Waals surface area contributed by atoms with Gasteiger partial charge in [-0.2, -0.15) is 0 Å². The maximum absolute atomic E-state index is 11.7. The van der Waals surface area contributed by atoms with Crippen LogP contribution >= 0.6 is 11.6 Å². The first kappa shape index (κ1) is 11.4. The fraction of sp³-hybridized carbons (Fsp3) is 0.455. The van der Waals surface area contributed by atoms with E-state index in [1.54, 1.807) is 6.07 Å². The Morgan fingerprint density at radius 1 is 1.50 bits per heavy atom. The molecule has 0 atom stereocenters. The van der Waals surface area contributed by atoms with Gasteiger partial charge in [0, 0.05) is 19.0 Å². The van der Waals surface area contributed by atoms with Gasteiger partial charge in [0.1, 0.15) is 11.3 Å². The van der Waals surface area contributed by atoms with E-state index in [0.717, 1.165) is 12.8 Å². The van der Waals surface area contributed by atoms with Crippen LogP contribution in [0.4, 0.5) is 0 Å². The van der Waals surface area contributed by atoms with Gasteiger partial charge in [-0.3, -0.25) is 0 Å². The minimum Gasteiger partial charge on any atom is -0.459 e. The molecular weight excluding hydrogens is 230 g/mol. The van der Waals surface area contributed by atoms with Crippen molar-refractivity contribution in [2.24, 2.45) is 0 Å². The molecule has 0 radical (unpaired) electrons. The first-order valence-electron chi connectivity index (χ1n) is 5.16. The zero-order chi connectivity index (χ0) is 11.4. The van der Waals surface area contributed by atoms with Crippen molar-refractivity contribution in [2.45, 2.75) is 18.9 Å². The molecule has 1 aromatic rings. The number of nitrogens with zero attached hydrogens (tertiary/aromatic N) is 1. The van der Waals surface area contributed by atoms with E-state index >= 15 is 0 Å². The molecule has 2 heterocycles. The third-order valence-electron chi connectivity index (χ3n) is 2.40. The summed E-state index contributed by atoms with van der Waals surface area (Å²) in [5.41, 5.74) is 0.437. The second-order valence-electron chi connectivity index (χ2n) is 3.58. The molecule has 0 N–H and O–H groups in total. The van der Waals surface area contributed by atoms with Gasteiger partial charge in [0.2, 0.25) is 0 Å². The number of rotatable bonds is 2. The smallest absolute Gasteiger partial charge is 0.338 e. The summed E-state index contributed by atoms with van der Waals surface area (Å²) in [6, 6.07) is 3.09. The Labute approximate surface area is 98.5 Å². The molecule has 0 saturated carbocycles. The lowest BCUT2D eigenvalue weighted by molar-refractivity contribution is -0.0159. The molecule has 2 rings (SSSR count). The highest BCUT2D eigenvalue weighted by Crippen LogP contribution is 2.14. The molecule has 86 valence electrons. The van der Waals surface area contributed by atoms with E-state index in [9.17, 15) is 4.79 Å². The predicted octanol–water partition coefficient (Wildman–Crippen LogP) is 2.07. The lowest BCUT2D eigenvalue weighted by Gasteiger charge is -2.22. The zero-order valence-electron chi connectivity index (χ0n) is 8.69. The molecule has 1 fully saturated rings. The van der Waals surface area contributed by atoms with Gasteiger partial charge >= 0.3 is 5.97 Å². The first-order chi connectivity index (χ1) is 7.75. The van der Waals surface area contributed by atoms with Crippen molar-refractivity contribution >= 4 is 17.6 Å². The fourth-order valence-corrected chi connectivity index (χ4v) is 1.72. The van der Waals surface area contributed by atoms with E-state index in [1.165, 1.54) is 12.3 Å². The van der Waals surface area contributed by atoms with Crippen molar-refractivity contribution in [2.75, 3.05) is 13.2 Å². The second kappa shape index (κ2) is 5.27. The van der Waals surface area contributed by atoms with Crippen LogP contribution in [0.3, 0.4) is 0 Å². The standard InChI is InChI=1S/C11H12ClNO3/c12-10-7-8(1-4-13-10)11(14)16-9-2-5-15-6-3-9/h1,4,7,9H,2-3,5-6H2. The molecule has 0 aliphatic carbocycles. The van der Waals surface area contributed by atoms with Gasteiger partial charge in [-0.1, -0.05) is 11.6 Å². The zero-order valence-corrected chi connectivity index (χ0v) is 9.44. The van der Waals surface area contributed by atoms with Crippen LogP contribution in [-0.2, 0) is 9.47 Å². The second-order valence-corrected chi connectivity index (χ2v) is 3.97. The van der Waals surface area contributed by atoms with Gasteiger partial charge in [0.15, 0.2) is 0 Å². The molecule has 4 nitrogen and oxygen atoms in total. The number of hydrogen-bond donors (Lipinski definition) is 0. The van der Waals surface area contributed by atoms with Crippen molar-refractivity contribution in [1.82, 2.24) is 4.98 Å². The number of pyridine rings is 1. The Balaban J connectivity index is 1.97. The van der Waals surface area contributed by atoms with Crippen molar-refractivity contribution in [3.63, 3.8) is 0 Å². The molecule has 0 aromatic carbocycles. The number of hydrogen-bond acceptors (Lipinski definition) is 4.